The Bertz CT molecular complexity index is 392. The van der Waals surface area contributed by atoms with Crippen molar-refractivity contribution in [1.82, 2.24) is 16.0 Å². The molecule has 0 spiro atoms. The Kier molecular flexibility index (Phi) is 8.52. The zero-order chi connectivity index (χ0) is 15.3. The largest absolute Gasteiger partial charge is 0.540 e. The monoisotopic (exact) mass is 521 g/mol. The van der Waals surface area contributed by atoms with Gasteiger partial charge in [0, 0.05) is 37.7 Å². The van der Waals surface area contributed by atoms with Crippen LogP contribution in [0.4, 0.5) is 4.79 Å². The van der Waals surface area contributed by atoms with Gasteiger partial charge in [0.05, 0.1) is 6.04 Å². The van der Waals surface area contributed by atoms with Crippen molar-refractivity contribution in [2.75, 3.05) is 13.6 Å². The summed E-state index contributed by atoms with van der Waals surface area (Å²) >= 11 is 0. The van der Waals surface area contributed by atoms with Crippen molar-refractivity contribution in [3.05, 3.63) is 0 Å². The normalized spacial score (nSPS) is 24.7. The molecule has 1 aliphatic carbocycles. The number of nitrogens with one attached hydrogen (secondary N) is 3. The van der Waals surface area contributed by atoms with Gasteiger partial charge < -0.3 is 26.5 Å². The van der Waals surface area contributed by atoms with Crippen LogP contribution in [0.15, 0.2) is 0 Å². The molecule has 0 heterocycles. The Morgan fingerprint density at radius 1 is 1.43 bits per heavy atom. The molecule has 8 heteroatoms. The minimum atomic E-state index is -0.902. The van der Waals surface area contributed by atoms with Crippen molar-refractivity contribution < 1.29 is 45.5 Å². The van der Waals surface area contributed by atoms with E-state index in [2.05, 4.69) is 16.0 Å². The summed E-state index contributed by atoms with van der Waals surface area (Å²) in [7, 11) is 1.71. The number of primary amides is 1. The number of rotatable bonds is 8. The third-order valence-corrected chi connectivity index (χ3v) is 3.69. The standard InChI is InChI=1S/C13H23N4O3.U/c1-8(2)10(15-3)11(19)17-13(7-18)6-9(13)4-5-16-12(14)20;/h8-10,15H,4-6H2,1-3H3,(H,17,19)(H3,14,16,20);/q-1;/t9?,10-,13?;/m0./s1. The molecule has 0 aromatic heterocycles. The molecule has 0 aromatic rings. The number of likely N-dealkylation sites (N-methyl/N-ethyl adjacent to an activating group) is 1. The third-order valence-electron chi connectivity index (χ3n) is 3.69. The van der Waals surface area contributed by atoms with E-state index in [-0.39, 0.29) is 54.9 Å². The van der Waals surface area contributed by atoms with E-state index in [1.165, 1.54) is 0 Å². The van der Waals surface area contributed by atoms with Crippen LogP contribution >= 0.6 is 0 Å². The summed E-state index contributed by atoms with van der Waals surface area (Å²) in [4.78, 5) is 33.8. The van der Waals surface area contributed by atoms with Crippen molar-refractivity contribution in [2.24, 2.45) is 17.6 Å². The number of urea groups is 1. The SMILES string of the molecule is CN[C@H](C(=O)NC1([C-]=O)CC1CCNC(N)=O)C(C)C.[U]. The maximum Gasteiger partial charge on any atom is 0.312 e. The van der Waals surface area contributed by atoms with E-state index in [1.807, 2.05) is 20.1 Å². The minimum Gasteiger partial charge on any atom is -0.540 e. The van der Waals surface area contributed by atoms with Crippen LogP contribution in [0.3, 0.4) is 0 Å². The average molecular weight is 521 g/mol. The Morgan fingerprint density at radius 2 is 2.05 bits per heavy atom. The van der Waals surface area contributed by atoms with Gasteiger partial charge in [-0.15, -0.1) is 0 Å². The van der Waals surface area contributed by atoms with Gasteiger partial charge in [-0.3, -0.25) is 4.79 Å². The van der Waals surface area contributed by atoms with Crippen molar-refractivity contribution >= 4 is 18.2 Å². The maximum atomic E-state index is 12.1. The van der Waals surface area contributed by atoms with E-state index in [9.17, 15) is 14.4 Å². The molecule has 0 saturated heterocycles. The van der Waals surface area contributed by atoms with Crippen LogP contribution in [0.2, 0.25) is 0 Å². The van der Waals surface area contributed by atoms with Crippen LogP contribution in [0.5, 0.6) is 0 Å². The third kappa shape index (κ3) is 5.61. The van der Waals surface area contributed by atoms with Gasteiger partial charge in [0.1, 0.15) is 0 Å². The molecule has 1 saturated carbocycles. The smallest absolute Gasteiger partial charge is 0.312 e. The van der Waals surface area contributed by atoms with E-state index >= 15 is 0 Å². The van der Waals surface area contributed by atoms with E-state index in [4.69, 9.17) is 5.73 Å². The first kappa shape index (κ1) is 20.4. The van der Waals surface area contributed by atoms with Crippen molar-refractivity contribution in [3.8, 4) is 0 Å². The number of hydrogen-bond donors (Lipinski definition) is 4. The minimum absolute atomic E-state index is 0. The molecular weight excluding hydrogens is 498 g/mol. The van der Waals surface area contributed by atoms with Crippen LogP contribution < -0.4 is 21.7 Å². The molecular formula is C13H23N4O3U-. The van der Waals surface area contributed by atoms with Crippen LogP contribution in [-0.4, -0.2) is 43.4 Å². The summed E-state index contributed by atoms with van der Waals surface area (Å²) in [5, 5.41) is 8.17. The first-order valence-electron chi connectivity index (χ1n) is 6.78. The van der Waals surface area contributed by atoms with Gasteiger partial charge in [0.25, 0.3) is 0 Å². The predicted octanol–water partition coefficient (Wildman–Crippen LogP) is -0.727. The number of nitrogens with two attached hydrogens (primary N) is 1. The fourth-order valence-corrected chi connectivity index (χ4v) is 2.42. The first-order chi connectivity index (χ1) is 9.36. The summed E-state index contributed by atoms with van der Waals surface area (Å²) in [6.07, 6.45) is 3.08. The summed E-state index contributed by atoms with van der Waals surface area (Å²) in [6, 6.07) is -0.935. The molecule has 118 valence electrons. The Morgan fingerprint density at radius 3 is 2.48 bits per heavy atom. The van der Waals surface area contributed by atoms with Crippen molar-refractivity contribution in [2.45, 2.75) is 38.3 Å². The zero-order valence-electron chi connectivity index (χ0n) is 12.7. The zero-order valence-corrected chi connectivity index (χ0v) is 16.8. The van der Waals surface area contributed by atoms with E-state index in [0.29, 0.717) is 19.4 Å². The molecule has 21 heavy (non-hydrogen) atoms. The van der Waals surface area contributed by atoms with Gasteiger partial charge in [0.2, 0.25) is 5.91 Å². The Balaban J connectivity index is 0.00000400. The molecule has 1 fully saturated rings. The second kappa shape index (κ2) is 8.77. The predicted molar refractivity (Wildman–Crippen MR) is 74.6 cm³/mol. The summed E-state index contributed by atoms with van der Waals surface area (Å²) in [6.45, 7) is 4.25. The Hall–Kier alpha value is -0.578. The summed E-state index contributed by atoms with van der Waals surface area (Å²) in [5.41, 5.74) is 4.06. The topological polar surface area (TPSA) is 113 Å². The second-order valence-corrected chi connectivity index (χ2v) is 5.55. The number of carbonyl (C=O) groups excluding carboxylic acids is 3. The molecule has 0 aromatic carbocycles. The molecule has 1 aliphatic rings. The molecule has 0 bridgehead atoms. The fourth-order valence-electron chi connectivity index (χ4n) is 2.42. The first-order valence-corrected chi connectivity index (χ1v) is 6.78. The van der Waals surface area contributed by atoms with Gasteiger partial charge in [0.15, 0.2) is 0 Å². The molecule has 5 N–H and O–H groups in total. The molecule has 0 radical (unpaired) electrons. The van der Waals surface area contributed by atoms with Crippen LogP contribution in [0.1, 0.15) is 26.7 Å². The van der Waals surface area contributed by atoms with Gasteiger partial charge in [-0.05, 0) is 25.3 Å². The molecule has 0 aliphatic heterocycles. The molecule has 7 nitrogen and oxygen atoms in total. The summed E-state index contributed by atoms with van der Waals surface area (Å²) < 4.78 is 0. The van der Waals surface area contributed by atoms with E-state index in [1.54, 1.807) is 7.05 Å². The Labute approximate surface area is 148 Å². The van der Waals surface area contributed by atoms with Gasteiger partial charge >= 0.3 is 6.03 Å². The van der Waals surface area contributed by atoms with Crippen molar-refractivity contribution in [1.29, 1.82) is 0 Å². The molecule has 3 amide bonds. The average Bonchev–Trinajstić information content (AvgIpc) is 3.02. The van der Waals surface area contributed by atoms with Crippen LogP contribution in [-0.2, 0) is 9.59 Å². The number of hydrogen-bond acceptors (Lipinski definition) is 4. The molecule has 2 unspecified atom stereocenters. The van der Waals surface area contributed by atoms with Crippen molar-refractivity contribution in [3.63, 3.8) is 0 Å². The fraction of sp³-hybridized carbons (Fsp3) is 0.769. The van der Waals surface area contributed by atoms with Gasteiger partial charge in [-0.2, -0.15) is 0 Å². The van der Waals surface area contributed by atoms with E-state index < -0.39 is 11.6 Å². The van der Waals surface area contributed by atoms with Crippen LogP contribution in [0.25, 0.3) is 0 Å². The number of carbonyl (C=O) groups is 2. The van der Waals surface area contributed by atoms with Crippen LogP contribution in [0, 0.1) is 42.9 Å². The second-order valence-electron chi connectivity index (χ2n) is 5.55. The number of amides is 3. The van der Waals surface area contributed by atoms with Gasteiger partial charge in [-0.25, -0.2) is 11.1 Å². The van der Waals surface area contributed by atoms with Gasteiger partial charge in [-0.1, -0.05) is 25.8 Å². The van der Waals surface area contributed by atoms with E-state index in [0.717, 1.165) is 0 Å². The molecule has 3 atom stereocenters. The maximum absolute atomic E-state index is 12.1. The molecule has 1 rings (SSSR count). The summed E-state index contributed by atoms with van der Waals surface area (Å²) in [5.74, 6) is -0.0749. The quantitative estimate of drug-likeness (QED) is 0.316.